The van der Waals surface area contributed by atoms with Gasteiger partial charge in [-0.2, -0.15) is 13.2 Å². The lowest BCUT2D eigenvalue weighted by atomic mass is 10.0. The summed E-state index contributed by atoms with van der Waals surface area (Å²) in [5, 5.41) is 16.0. The van der Waals surface area contributed by atoms with Gasteiger partial charge < -0.3 is 25.7 Å². The molecule has 0 amide bonds. The third kappa shape index (κ3) is 4.04. The van der Waals surface area contributed by atoms with Gasteiger partial charge in [0.25, 0.3) is 0 Å². The first-order valence-corrected chi connectivity index (χ1v) is 8.39. The minimum Gasteiger partial charge on any atom is -0.409 e. The van der Waals surface area contributed by atoms with Crippen LogP contribution in [0, 0.1) is 0 Å². The molecule has 1 fully saturated rings. The van der Waals surface area contributed by atoms with Crippen LogP contribution in [0.1, 0.15) is 18.4 Å². The summed E-state index contributed by atoms with van der Waals surface area (Å²) in [6.07, 6.45) is -1.04. The van der Waals surface area contributed by atoms with Crippen LogP contribution < -0.4 is 11.1 Å². The molecular formula is C17H22F3N5O. The summed E-state index contributed by atoms with van der Waals surface area (Å²) >= 11 is 0. The highest BCUT2D eigenvalue weighted by Gasteiger charge is 2.29. The Morgan fingerprint density at radius 2 is 2.04 bits per heavy atom. The molecule has 4 N–H and O–H groups in total. The Morgan fingerprint density at radius 3 is 2.65 bits per heavy atom. The number of oxime groups is 1. The largest absolute Gasteiger partial charge is 0.409 e. The lowest BCUT2D eigenvalue weighted by Crippen LogP contribution is -2.36. The number of aromatic nitrogens is 1. The van der Waals surface area contributed by atoms with E-state index in [4.69, 9.17) is 10.9 Å². The molecule has 0 atom stereocenters. The maximum absolute atomic E-state index is 12.9. The molecule has 0 spiro atoms. The van der Waals surface area contributed by atoms with Crippen molar-refractivity contribution in [1.82, 2.24) is 9.47 Å². The van der Waals surface area contributed by atoms with Crippen molar-refractivity contribution >= 4 is 22.4 Å². The average molecular weight is 369 g/mol. The van der Waals surface area contributed by atoms with Crippen LogP contribution in [0.3, 0.4) is 0 Å². The normalized spacial score (nSPS) is 17.8. The summed E-state index contributed by atoms with van der Waals surface area (Å²) in [6, 6.07) is 5.11. The Kier molecular flexibility index (Phi) is 4.99. The number of hydrogen-bond acceptors (Lipinski definition) is 4. The SMILES string of the molecule is CN1CCC(Nc2cc(C(N)=NO)cc3c2ccn3CC(F)(F)F)CC1. The molecule has 2 aromatic rings. The number of amidine groups is 1. The molecule has 1 aromatic carbocycles. The highest BCUT2D eigenvalue weighted by Crippen LogP contribution is 2.30. The Labute approximate surface area is 149 Å². The number of nitrogens with two attached hydrogens (primary N) is 1. The van der Waals surface area contributed by atoms with Crippen LogP contribution in [0.4, 0.5) is 18.9 Å². The van der Waals surface area contributed by atoms with Crippen molar-refractivity contribution in [2.45, 2.75) is 31.6 Å². The van der Waals surface area contributed by atoms with E-state index in [2.05, 4.69) is 22.4 Å². The summed E-state index contributed by atoms with van der Waals surface area (Å²) in [7, 11) is 2.06. The van der Waals surface area contributed by atoms with Gasteiger partial charge in [-0.15, -0.1) is 0 Å². The van der Waals surface area contributed by atoms with Crippen molar-refractivity contribution < 1.29 is 18.4 Å². The van der Waals surface area contributed by atoms with Gasteiger partial charge in [0.2, 0.25) is 0 Å². The van der Waals surface area contributed by atoms with Gasteiger partial charge in [-0.3, -0.25) is 0 Å². The Bertz CT molecular complexity index is 807. The Hall–Kier alpha value is -2.42. The van der Waals surface area contributed by atoms with Gasteiger partial charge in [0, 0.05) is 28.9 Å². The molecule has 26 heavy (non-hydrogen) atoms. The van der Waals surface area contributed by atoms with Gasteiger partial charge in [-0.25, -0.2) is 0 Å². The molecule has 1 aliphatic heterocycles. The van der Waals surface area contributed by atoms with E-state index >= 15 is 0 Å². The summed E-state index contributed by atoms with van der Waals surface area (Å²) in [5.41, 5.74) is 7.14. The number of alkyl halides is 3. The molecule has 0 bridgehead atoms. The van der Waals surface area contributed by atoms with Crippen molar-refractivity contribution in [1.29, 1.82) is 0 Å². The summed E-state index contributed by atoms with van der Waals surface area (Å²) in [6.45, 7) is 0.815. The Balaban J connectivity index is 2.00. The molecular weight excluding hydrogens is 347 g/mol. The smallest absolute Gasteiger partial charge is 0.406 e. The topological polar surface area (TPSA) is 78.8 Å². The number of likely N-dealkylation sites (tertiary alicyclic amines) is 1. The van der Waals surface area contributed by atoms with Crippen LogP contribution >= 0.6 is 0 Å². The summed E-state index contributed by atoms with van der Waals surface area (Å²) in [4.78, 5) is 2.24. The zero-order chi connectivity index (χ0) is 18.9. The van der Waals surface area contributed by atoms with Gasteiger partial charge in [0.05, 0.1) is 5.52 Å². The fourth-order valence-corrected chi connectivity index (χ4v) is 3.32. The fraction of sp³-hybridized carbons (Fsp3) is 0.471. The third-order valence-corrected chi connectivity index (χ3v) is 4.72. The van der Waals surface area contributed by atoms with E-state index in [1.54, 1.807) is 12.1 Å². The van der Waals surface area contributed by atoms with E-state index in [0.29, 0.717) is 22.2 Å². The first kappa shape index (κ1) is 18.4. The molecule has 0 aliphatic carbocycles. The van der Waals surface area contributed by atoms with Crippen molar-refractivity contribution in [2.75, 3.05) is 25.5 Å². The van der Waals surface area contributed by atoms with E-state index in [-0.39, 0.29) is 11.9 Å². The lowest BCUT2D eigenvalue weighted by molar-refractivity contribution is -0.139. The standard InChI is InChI=1S/C17H22F3N5O/c1-24-5-2-12(3-6-24)22-14-8-11(16(21)23-26)9-15-13(14)4-7-25(15)10-17(18,19)20/h4,7-9,12,22,26H,2-3,5-6,10H2,1H3,(H2,21,23). The first-order chi connectivity index (χ1) is 12.3. The van der Waals surface area contributed by atoms with Gasteiger partial charge in [-0.05, 0) is 51.2 Å². The van der Waals surface area contributed by atoms with E-state index in [1.165, 1.54) is 12.3 Å². The van der Waals surface area contributed by atoms with Crippen molar-refractivity contribution in [3.63, 3.8) is 0 Å². The fourth-order valence-electron chi connectivity index (χ4n) is 3.32. The molecule has 1 aromatic heterocycles. The predicted octanol–water partition coefficient (Wildman–Crippen LogP) is 2.80. The molecule has 9 heteroatoms. The van der Waals surface area contributed by atoms with E-state index in [9.17, 15) is 13.2 Å². The van der Waals surface area contributed by atoms with Crippen LogP contribution in [-0.4, -0.2) is 52.9 Å². The maximum atomic E-state index is 12.9. The van der Waals surface area contributed by atoms with E-state index in [1.807, 2.05) is 0 Å². The molecule has 6 nitrogen and oxygen atoms in total. The Morgan fingerprint density at radius 1 is 1.35 bits per heavy atom. The van der Waals surface area contributed by atoms with Crippen LogP contribution in [0.25, 0.3) is 10.9 Å². The number of hydrogen-bond donors (Lipinski definition) is 3. The molecule has 0 saturated carbocycles. The van der Waals surface area contributed by atoms with Gasteiger partial charge in [0.1, 0.15) is 6.54 Å². The second-order valence-electron chi connectivity index (χ2n) is 6.72. The van der Waals surface area contributed by atoms with Crippen LogP contribution in [0.2, 0.25) is 0 Å². The lowest BCUT2D eigenvalue weighted by Gasteiger charge is -2.30. The van der Waals surface area contributed by atoms with E-state index in [0.717, 1.165) is 30.5 Å². The van der Waals surface area contributed by atoms with Gasteiger partial charge in [-0.1, -0.05) is 5.16 Å². The maximum Gasteiger partial charge on any atom is 0.406 e. The molecule has 2 heterocycles. The summed E-state index contributed by atoms with van der Waals surface area (Å²) < 4.78 is 39.7. The first-order valence-electron chi connectivity index (χ1n) is 8.39. The molecule has 0 radical (unpaired) electrons. The van der Waals surface area contributed by atoms with Crippen molar-refractivity contribution in [3.8, 4) is 0 Å². The number of rotatable bonds is 4. The molecule has 1 aliphatic rings. The molecule has 142 valence electrons. The summed E-state index contributed by atoms with van der Waals surface area (Å²) in [5.74, 6) is -0.141. The number of benzene rings is 1. The minimum absolute atomic E-state index is 0.141. The van der Waals surface area contributed by atoms with Gasteiger partial charge in [0.15, 0.2) is 5.84 Å². The molecule has 3 rings (SSSR count). The van der Waals surface area contributed by atoms with E-state index < -0.39 is 12.7 Å². The van der Waals surface area contributed by atoms with Crippen molar-refractivity contribution in [3.05, 3.63) is 30.0 Å². The number of nitrogens with zero attached hydrogens (tertiary/aromatic N) is 3. The number of halogens is 3. The number of piperidine rings is 1. The number of fused-ring (bicyclic) bond motifs is 1. The third-order valence-electron chi connectivity index (χ3n) is 4.72. The van der Waals surface area contributed by atoms with Crippen LogP contribution in [0.5, 0.6) is 0 Å². The van der Waals surface area contributed by atoms with Crippen molar-refractivity contribution in [2.24, 2.45) is 10.9 Å². The molecule has 1 saturated heterocycles. The predicted molar refractivity (Wildman–Crippen MR) is 94.6 cm³/mol. The second kappa shape index (κ2) is 7.06. The minimum atomic E-state index is -4.33. The quantitative estimate of drug-likeness (QED) is 0.335. The highest BCUT2D eigenvalue weighted by molar-refractivity contribution is 6.04. The van der Waals surface area contributed by atoms with Crippen LogP contribution in [0.15, 0.2) is 29.6 Å². The number of nitrogens with one attached hydrogen (secondary N) is 1. The average Bonchev–Trinajstić information content (AvgIpc) is 2.97. The van der Waals surface area contributed by atoms with Gasteiger partial charge >= 0.3 is 6.18 Å². The second-order valence-corrected chi connectivity index (χ2v) is 6.72. The zero-order valence-electron chi connectivity index (χ0n) is 14.4. The monoisotopic (exact) mass is 369 g/mol. The van der Waals surface area contributed by atoms with Crippen LogP contribution in [-0.2, 0) is 6.54 Å². The zero-order valence-corrected chi connectivity index (χ0v) is 14.4. The molecule has 0 unspecified atom stereocenters. The number of anilines is 1. The highest BCUT2D eigenvalue weighted by atomic mass is 19.4.